The number of allylic oxidation sites excluding steroid dienone is 2. The lowest BCUT2D eigenvalue weighted by Crippen LogP contribution is -2.06. The molecule has 0 heterocycles. The average Bonchev–Trinajstić information content (AvgIpc) is 2.47. The lowest BCUT2D eigenvalue weighted by Gasteiger charge is -2.12. The third-order valence-electron chi connectivity index (χ3n) is 3.17. The first kappa shape index (κ1) is 14.1. The fourth-order valence-corrected chi connectivity index (χ4v) is 1.96. The zero-order valence-electron chi connectivity index (χ0n) is 12.0. The topological polar surface area (TPSA) is 35.5 Å². The molecule has 2 aromatic rings. The van der Waals surface area contributed by atoms with Crippen molar-refractivity contribution in [2.24, 2.45) is 0 Å². The number of hydrogen-bond donors (Lipinski definition) is 0. The Bertz CT molecular complexity index is 656. The van der Waals surface area contributed by atoms with E-state index < -0.39 is 0 Å². The van der Waals surface area contributed by atoms with Crippen LogP contribution in [0.1, 0.15) is 19.4 Å². The van der Waals surface area contributed by atoms with Crippen LogP contribution in [0.5, 0.6) is 5.75 Å². The molecular weight excluding hydrogens is 252 g/mol. The van der Waals surface area contributed by atoms with E-state index in [2.05, 4.69) is 0 Å². The molecule has 2 aromatic carbocycles. The van der Waals surface area contributed by atoms with Crippen LogP contribution in [0.25, 0.3) is 10.8 Å². The van der Waals surface area contributed by atoms with E-state index in [0.717, 1.165) is 22.1 Å². The maximum absolute atomic E-state index is 11.5. The van der Waals surface area contributed by atoms with Gasteiger partial charge in [0.2, 0.25) is 0 Å². The van der Waals surface area contributed by atoms with Crippen LogP contribution >= 0.6 is 0 Å². The van der Waals surface area contributed by atoms with Crippen LogP contribution in [0.3, 0.4) is 0 Å². The summed E-state index contributed by atoms with van der Waals surface area (Å²) in [5.74, 6) is 1.22. The average molecular weight is 270 g/mol. The van der Waals surface area contributed by atoms with Crippen molar-refractivity contribution in [1.82, 2.24) is 0 Å². The van der Waals surface area contributed by atoms with Gasteiger partial charge in [-0.3, -0.25) is 4.79 Å². The lowest BCUT2D eigenvalue weighted by atomic mass is 10.0. The van der Waals surface area contributed by atoms with Gasteiger partial charge in [-0.25, -0.2) is 0 Å². The normalized spacial score (nSPS) is 11.4. The Kier molecular flexibility index (Phi) is 4.41. The Morgan fingerprint density at radius 3 is 2.45 bits per heavy atom. The van der Waals surface area contributed by atoms with Crippen molar-refractivity contribution in [2.45, 2.75) is 20.3 Å². The summed E-state index contributed by atoms with van der Waals surface area (Å²) in [6.07, 6.45) is 2.09. The number of benzene rings is 2. The van der Waals surface area contributed by atoms with E-state index in [0.29, 0.717) is 5.75 Å². The van der Waals surface area contributed by atoms with Crippen molar-refractivity contribution < 1.29 is 14.3 Å². The van der Waals surface area contributed by atoms with Gasteiger partial charge >= 0.3 is 5.97 Å². The number of methoxy groups -OCH3 is 1. The molecule has 0 amide bonds. The van der Waals surface area contributed by atoms with Crippen LogP contribution in [0.15, 0.2) is 48.2 Å². The molecule has 104 valence electrons. The highest BCUT2D eigenvalue weighted by Gasteiger charge is 2.11. The van der Waals surface area contributed by atoms with Crippen molar-refractivity contribution in [3.63, 3.8) is 0 Å². The van der Waals surface area contributed by atoms with Gasteiger partial charge < -0.3 is 9.47 Å². The van der Waals surface area contributed by atoms with Gasteiger partial charge in [-0.1, -0.05) is 24.3 Å². The molecular formula is C17H18O3. The predicted octanol–water partition coefficient (Wildman–Crippen LogP) is 3.86. The molecule has 0 saturated carbocycles. The van der Waals surface area contributed by atoms with Gasteiger partial charge in [-0.15, -0.1) is 0 Å². The van der Waals surface area contributed by atoms with Crippen molar-refractivity contribution in [1.29, 1.82) is 0 Å². The third-order valence-corrected chi connectivity index (χ3v) is 3.17. The van der Waals surface area contributed by atoms with E-state index >= 15 is 0 Å². The molecule has 0 aliphatic heterocycles. The summed E-state index contributed by atoms with van der Waals surface area (Å²) in [6.45, 7) is 3.80. The molecule has 0 N–H and O–H groups in total. The van der Waals surface area contributed by atoms with Gasteiger partial charge in [-0.2, -0.15) is 0 Å². The zero-order valence-corrected chi connectivity index (χ0v) is 12.0. The molecule has 20 heavy (non-hydrogen) atoms. The predicted molar refractivity (Wildman–Crippen MR) is 79.7 cm³/mol. The number of esters is 1. The fraction of sp³-hybridized carbons (Fsp3) is 0.235. The number of ether oxygens (including phenoxy) is 2. The molecule has 0 bridgehead atoms. The molecule has 3 heteroatoms. The Labute approximate surface area is 118 Å². The van der Waals surface area contributed by atoms with Gasteiger partial charge in [0.1, 0.15) is 5.75 Å². The molecule has 0 aromatic heterocycles. The minimum absolute atomic E-state index is 0.202. The van der Waals surface area contributed by atoms with Crippen LogP contribution in [0.2, 0.25) is 0 Å². The van der Waals surface area contributed by atoms with E-state index in [4.69, 9.17) is 9.47 Å². The largest absolute Gasteiger partial charge is 0.469 e. The fourth-order valence-electron chi connectivity index (χ4n) is 1.96. The van der Waals surface area contributed by atoms with E-state index in [9.17, 15) is 4.79 Å². The Balaban J connectivity index is 2.49. The van der Waals surface area contributed by atoms with Crippen LogP contribution in [0, 0.1) is 0 Å². The first-order valence-corrected chi connectivity index (χ1v) is 6.53. The zero-order chi connectivity index (χ0) is 14.5. The Hall–Kier alpha value is -2.29. The quantitative estimate of drug-likeness (QED) is 0.625. The summed E-state index contributed by atoms with van der Waals surface area (Å²) in [5.41, 5.74) is 0.830. The number of fused-ring (bicyclic) bond motifs is 1. The van der Waals surface area contributed by atoms with Crippen molar-refractivity contribution in [3.05, 3.63) is 53.8 Å². The second kappa shape index (κ2) is 6.24. The molecule has 0 radical (unpaired) electrons. The minimum atomic E-state index is -0.275. The molecule has 0 atom stereocenters. The summed E-state index contributed by atoms with van der Waals surface area (Å²) in [4.78, 5) is 11.5. The highest BCUT2D eigenvalue weighted by Crippen LogP contribution is 2.28. The van der Waals surface area contributed by atoms with E-state index in [1.54, 1.807) is 0 Å². The van der Waals surface area contributed by atoms with Gasteiger partial charge in [0.15, 0.2) is 0 Å². The van der Waals surface area contributed by atoms with E-state index in [1.165, 1.54) is 7.11 Å². The van der Waals surface area contributed by atoms with E-state index in [1.807, 2.05) is 56.3 Å². The maximum atomic E-state index is 11.5. The van der Waals surface area contributed by atoms with Crippen LogP contribution < -0.4 is 4.74 Å². The summed E-state index contributed by atoms with van der Waals surface area (Å²) in [7, 11) is 1.39. The van der Waals surface area contributed by atoms with Crippen molar-refractivity contribution in [2.75, 3.05) is 7.11 Å². The molecule has 0 saturated heterocycles. The second-order valence-electron chi connectivity index (χ2n) is 4.56. The number of carbonyl (C=O) groups is 1. The second-order valence-corrected chi connectivity index (χ2v) is 4.56. The monoisotopic (exact) mass is 270 g/mol. The van der Waals surface area contributed by atoms with Gasteiger partial charge in [0.05, 0.1) is 19.3 Å². The molecule has 0 fully saturated rings. The molecule has 3 nitrogen and oxygen atoms in total. The number of rotatable bonds is 4. The summed E-state index contributed by atoms with van der Waals surface area (Å²) >= 11 is 0. The van der Waals surface area contributed by atoms with Crippen LogP contribution in [0.4, 0.5) is 0 Å². The summed E-state index contributed by atoms with van der Waals surface area (Å²) < 4.78 is 10.5. The molecule has 0 unspecified atom stereocenters. The first-order chi connectivity index (χ1) is 9.63. The molecule has 0 spiro atoms. The maximum Gasteiger partial charge on any atom is 0.310 e. The van der Waals surface area contributed by atoms with E-state index in [-0.39, 0.29) is 12.4 Å². The van der Waals surface area contributed by atoms with Gasteiger partial charge in [-0.05, 0) is 42.8 Å². The third kappa shape index (κ3) is 3.18. The number of carbonyl (C=O) groups excluding carboxylic acids is 1. The molecule has 2 rings (SSSR count). The first-order valence-electron chi connectivity index (χ1n) is 6.53. The van der Waals surface area contributed by atoms with Crippen molar-refractivity contribution in [3.8, 4) is 5.75 Å². The standard InChI is InChI=1S/C17H18O3/c1-4-12(2)20-16-10-14-8-6-5-7-13(14)9-15(16)11-17(18)19-3/h4-10H,11H2,1-3H3/b12-4+. The van der Waals surface area contributed by atoms with Crippen molar-refractivity contribution >= 4 is 16.7 Å². The highest BCUT2D eigenvalue weighted by molar-refractivity contribution is 5.86. The Morgan fingerprint density at radius 1 is 1.20 bits per heavy atom. The SMILES string of the molecule is C/C=C(\C)Oc1cc2ccccc2cc1CC(=O)OC. The highest BCUT2D eigenvalue weighted by atomic mass is 16.5. The molecule has 0 aliphatic rings. The van der Waals surface area contributed by atoms with Crippen LogP contribution in [-0.2, 0) is 16.0 Å². The molecule has 0 aliphatic carbocycles. The van der Waals surface area contributed by atoms with Gasteiger partial charge in [0.25, 0.3) is 0 Å². The summed E-state index contributed by atoms with van der Waals surface area (Å²) in [5, 5.41) is 2.16. The number of hydrogen-bond acceptors (Lipinski definition) is 3. The summed E-state index contributed by atoms with van der Waals surface area (Å²) in [6, 6.07) is 11.9. The Morgan fingerprint density at radius 2 is 1.85 bits per heavy atom. The van der Waals surface area contributed by atoms with Gasteiger partial charge in [0, 0.05) is 5.56 Å². The lowest BCUT2D eigenvalue weighted by molar-refractivity contribution is -0.139. The smallest absolute Gasteiger partial charge is 0.310 e. The minimum Gasteiger partial charge on any atom is -0.469 e. The van der Waals surface area contributed by atoms with Crippen LogP contribution in [-0.4, -0.2) is 13.1 Å².